The molecule has 0 spiro atoms. The summed E-state index contributed by atoms with van der Waals surface area (Å²) in [7, 11) is 0. The molecule has 0 radical (unpaired) electrons. The monoisotopic (exact) mass is 741 g/mol. The highest BCUT2D eigenvalue weighted by Gasteiger charge is 2.22. The first-order valence-corrected chi connectivity index (χ1v) is 19.4. The SMILES string of the molecule is c1ccc(-c2nc(-c3cccc(-n4c5ccccc5c5ccccc54)c3)nc(-c3ccc(-c4nc5ccccc5c5c4oc4ccccc45)c4ccccc34)n2)cc1. The Kier molecular flexibility index (Phi) is 7.13. The Morgan fingerprint density at radius 2 is 0.931 bits per heavy atom. The first kappa shape index (κ1) is 32.3. The fraction of sp³-hybridized carbons (Fsp3) is 0. The molecule has 12 rings (SSSR count). The number of benzene rings is 8. The summed E-state index contributed by atoms with van der Waals surface area (Å²) in [6, 6.07) is 64.9. The Hall–Kier alpha value is -7.96. The van der Waals surface area contributed by atoms with E-state index in [1.54, 1.807) is 0 Å². The molecule has 6 nitrogen and oxygen atoms in total. The van der Waals surface area contributed by atoms with Crippen LogP contribution in [0.1, 0.15) is 0 Å². The van der Waals surface area contributed by atoms with Crippen molar-refractivity contribution in [2.75, 3.05) is 0 Å². The van der Waals surface area contributed by atoms with Crippen molar-refractivity contribution in [2.24, 2.45) is 0 Å². The molecule has 0 N–H and O–H groups in total. The molecule has 4 heterocycles. The van der Waals surface area contributed by atoms with E-state index in [4.69, 9.17) is 24.4 Å². The van der Waals surface area contributed by atoms with Crippen LogP contribution in [0.5, 0.6) is 0 Å². The van der Waals surface area contributed by atoms with Gasteiger partial charge in [-0.05, 0) is 53.2 Å². The van der Waals surface area contributed by atoms with Gasteiger partial charge in [-0.3, -0.25) is 0 Å². The predicted molar refractivity (Wildman–Crippen MR) is 236 cm³/mol. The Morgan fingerprint density at radius 3 is 1.69 bits per heavy atom. The summed E-state index contributed by atoms with van der Waals surface area (Å²) in [4.78, 5) is 20.8. The Morgan fingerprint density at radius 1 is 0.379 bits per heavy atom. The molecule has 0 saturated heterocycles. The molecule has 0 atom stereocenters. The van der Waals surface area contributed by atoms with E-state index in [2.05, 4.69) is 144 Å². The predicted octanol–water partition coefficient (Wildman–Crippen LogP) is 13.2. The maximum atomic E-state index is 6.63. The van der Waals surface area contributed by atoms with Crippen molar-refractivity contribution < 1.29 is 4.42 Å². The van der Waals surface area contributed by atoms with Gasteiger partial charge in [-0.1, -0.05) is 146 Å². The Balaban J connectivity index is 1.07. The van der Waals surface area contributed by atoms with E-state index in [1.807, 2.05) is 48.5 Å². The molecule has 4 aromatic heterocycles. The number of nitrogens with zero attached hydrogens (tertiary/aromatic N) is 5. The number of para-hydroxylation sites is 4. The molecule has 0 unspecified atom stereocenters. The first-order valence-electron chi connectivity index (χ1n) is 19.4. The molecule has 0 bridgehead atoms. The van der Waals surface area contributed by atoms with Crippen LogP contribution in [0.15, 0.2) is 192 Å². The molecule has 0 saturated carbocycles. The zero-order chi connectivity index (χ0) is 38.2. The van der Waals surface area contributed by atoms with E-state index in [0.29, 0.717) is 17.5 Å². The molecule has 0 fully saturated rings. The zero-order valence-electron chi connectivity index (χ0n) is 31.0. The van der Waals surface area contributed by atoms with E-state index in [9.17, 15) is 0 Å². The molecule has 0 aliphatic carbocycles. The maximum absolute atomic E-state index is 6.63. The lowest BCUT2D eigenvalue weighted by Gasteiger charge is -2.14. The van der Waals surface area contributed by atoms with Crippen molar-refractivity contribution in [2.45, 2.75) is 0 Å². The molecule has 6 heteroatoms. The van der Waals surface area contributed by atoms with Gasteiger partial charge in [0.2, 0.25) is 0 Å². The summed E-state index contributed by atoms with van der Waals surface area (Å²) in [6.45, 7) is 0. The topological polar surface area (TPSA) is 69.6 Å². The summed E-state index contributed by atoms with van der Waals surface area (Å²) in [5.74, 6) is 1.80. The van der Waals surface area contributed by atoms with Crippen molar-refractivity contribution in [1.29, 1.82) is 0 Å². The zero-order valence-corrected chi connectivity index (χ0v) is 31.0. The number of hydrogen-bond acceptors (Lipinski definition) is 5. The third kappa shape index (κ3) is 4.98. The third-order valence-corrected chi connectivity index (χ3v) is 11.2. The van der Waals surface area contributed by atoms with Crippen LogP contribution in [-0.4, -0.2) is 24.5 Å². The molecule has 0 aliphatic heterocycles. The number of fused-ring (bicyclic) bond motifs is 9. The molecule has 270 valence electrons. The van der Waals surface area contributed by atoms with Gasteiger partial charge in [0, 0.05) is 54.9 Å². The van der Waals surface area contributed by atoms with Crippen molar-refractivity contribution in [3.8, 4) is 51.1 Å². The second kappa shape index (κ2) is 12.8. The molecule has 0 aliphatic rings. The molecular weight excluding hydrogens is 711 g/mol. The quantitative estimate of drug-likeness (QED) is 0.176. The number of pyridine rings is 1. The minimum absolute atomic E-state index is 0.592. The van der Waals surface area contributed by atoms with Crippen molar-refractivity contribution in [1.82, 2.24) is 24.5 Å². The highest BCUT2D eigenvalue weighted by molar-refractivity contribution is 6.22. The number of furan rings is 1. The summed E-state index contributed by atoms with van der Waals surface area (Å²) in [5.41, 5.74) is 10.4. The van der Waals surface area contributed by atoms with Crippen LogP contribution < -0.4 is 0 Å². The summed E-state index contributed by atoms with van der Waals surface area (Å²) < 4.78 is 8.95. The lowest BCUT2D eigenvalue weighted by atomic mass is 9.95. The fourth-order valence-corrected chi connectivity index (χ4v) is 8.64. The van der Waals surface area contributed by atoms with Gasteiger partial charge in [0.15, 0.2) is 23.1 Å². The minimum atomic E-state index is 0.592. The standard InChI is InChI=1S/C52H31N5O/c1-2-15-32(16-3-1)50-54-51(33-17-14-18-34(31-33)57-44-26-11-7-21-37(44)38-22-8-12-27-45(38)57)56-52(55-50)40-30-29-39(35-19-4-5-20-36(35)40)48-49-47(41-23-6-10-25-43(41)53-48)42-24-9-13-28-46(42)58-49/h1-31H. The first-order chi connectivity index (χ1) is 28.8. The fourth-order valence-electron chi connectivity index (χ4n) is 8.64. The smallest absolute Gasteiger partial charge is 0.164 e. The lowest BCUT2D eigenvalue weighted by Crippen LogP contribution is -2.01. The molecule has 58 heavy (non-hydrogen) atoms. The normalized spacial score (nSPS) is 11.8. The van der Waals surface area contributed by atoms with Crippen LogP contribution in [0.2, 0.25) is 0 Å². The van der Waals surface area contributed by atoms with E-state index < -0.39 is 0 Å². The van der Waals surface area contributed by atoms with Crippen molar-refractivity contribution in [3.63, 3.8) is 0 Å². The summed E-state index contributed by atoms with van der Waals surface area (Å²) in [6.07, 6.45) is 0. The van der Waals surface area contributed by atoms with Crippen molar-refractivity contribution >= 4 is 65.4 Å². The maximum Gasteiger partial charge on any atom is 0.164 e. The van der Waals surface area contributed by atoms with Gasteiger partial charge in [0.1, 0.15) is 11.3 Å². The van der Waals surface area contributed by atoms with Crippen molar-refractivity contribution in [3.05, 3.63) is 188 Å². The average molecular weight is 742 g/mol. The second-order valence-electron chi connectivity index (χ2n) is 14.6. The van der Waals surface area contributed by atoms with E-state index in [0.717, 1.165) is 88.3 Å². The van der Waals surface area contributed by atoms with E-state index in [1.165, 1.54) is 10.8 Å². The molecular formula is C52H31N5O. The van der Waals surface area contributed by atoms with E-state index >= 15 is 0 Å². The van der Waals surface area contributed by atoms with Gasteiger partial charge in [-0.15, -0.1) is 0 Å². The second-order valence-corrected chi connectivity index (χ2v) is 14.6. The van der Waals surface area contributed by atoms with E-state index in [-0.39, 0.29) is 0 Å². The summed E-state index contributed by atoms with van der Waals surface area (Å²) >= 11 is 0. The van der Waals surface area contributed by atoms with Crippen LogP contribution in [0.4, 0.5) is 0 Å². The number of aromatic nitrogens is 5. The minimum Gasteiger partial charge on any atom is -0.454 e. The van der Waals surface area contributed by atoms with Crippen LogP contribution >= 0.6 is 0 Å². The lowest BCUT2D eigenvalue weighted by molar-refractivity contribution is 0.669. The van der Waals surface area contributed by atoms with Crippen LogP contribution in [0, 0.1) is 0 Å². The highest BCUT2D eigenvalue weighted by Crippen LogP contribution is 2.43. The largest absolute Gasteiger partial charge is 0.454 e. The average Bonchev–Trinajstić information content (AvgIpc) is 3.86. The number of hydrogen-bond donors (Lipinski definition) is 0. The van der Waals surface area contributed by atoms with Crippen LogP contribution in [0.25, 0.3) is 117 Å². The molecule has 0 amide bonds. The van der Waals surface area contributed by atoms with Gasteiger partial charge in [-0.2, -0.15) is 0 Å². The van der Waals surface area contributed by atoms with Gasteiger partial charge in [0.25, 0.3) is 0 Å². The Bertz CT molecular complexity index is 3530. The van der Waals surface area contributed by atoms with Crippen LogP contribution in [-0.2, 0) is 0 Å². The molecule has 12 aromatic rings. The number of rotatable bonds is 5. The highest BCUT2D eigenvalue weighted by atomic mass is 16.3. The van der Waals surface area contributed by atoms with Gasteiger partial charge < -0.3 is 8.98 Å². The van der Waals surface area contributed by atoms with Gasteiger partial charge in [-0.25, -0.2) is 19.9 Å². The van der Waals surface area contributed by atoms with Crippen LogP contribution in [0.3, 0.4) is 0 Å². The van der Waals surface area contributed by atoms with Gasteiger partial charge in [0.05, 0.1) is 16.6 Å². The van der Waals surface area contributed by atoms with Gasteiger partial charge >= 0.3 is 0 Å². The summed E-state index contributed by atoms with van der Waals surface area (Å²) in [5, 5.41) is 7.69. The Labute approximate surface area is 332 Å². The molecule has 8 aromatic carbocycles. The third-order valence-electron chi connectivity index (χ3n) is 11.2.